The van der Waals surface area contributed by atoms with E-state index in [1.165, 1.54) is 28.0 Å². The number of halogens is 1. The van der Waals surface area contributed by atoms with Crippen LogP contribution in [-0.2, 0) is 9.59 Å². The van der Waals surface area contributed by atoms with Crippen LogP contribution in [0.5, 0.6) is 0 Å². The Hall–Kier alpha value is -1.55. The maximum Gasteiger partial charge on any atom is 0.266 e. The summed E-state index contributed by atoms with van der Waals surface area (Å²) in [6.45, 7) is 0.248. The molecule has 5 nitrogen and oxygen atoms in total. The largest absolute Gasteiger partial charge is 0.302 e. The van der Waals surface area contributed by atoms with Gasteiger partial charge < -0.3 is 5.32 Å². The van der Waals surface area contributed by atoms with Crippen molar-refractivity contribution >= 4 is 78.6 Å². The van der Waals surface area contributed by atoms with E-state index in [0.717, 1.165) is 10.0 Å². The van der Waals surface area contributed by atoms with Gasteiger partial charge in [0.15, 0.2) is 5.13 Å². The molecule has 2 heterocycles. The molecule has 0 bridgehead atoms. The Balaban J connectivity index is 1.62. The Bertz CT molecular complexity index is 852. The molecule has 0 spiro atoms. The molecule has 0 unspecified atom stereocenters. The van der Waals surface area contributed by atoms with Gasteiger partial charge in [0, 0.05) is 29.0 Å². The van der Waals surface area contributed by atoms with Gasteiger partial charge in [-0.25, -0.2) is 4.98 Å². The van der Waals surface area contributed by atoms with Crippen LogP contribution in [0.3, 0.4) is 0 Å². The summed E-state index contributed by atoms with van der Waals surface area (Å²) in [6.07, 6.45) is 3.59. The van der Waals surface area contributed by atoms with Crippen LogP contribution in [0.15, 0.2) is 45.2 Å². The van der Waals surface area contributed by atoms with Gasteiger partial charge in [-0.3, -0.25) is 14.5 Å². The summed E-state index contributed by atoms with van der Waals surface area (Å²) in [7, 11) is 0. The fourth-order valence-electron chi connectivity index (χ4n) is 2.12. The van der Waals surface area contributed by atoms with Gasteiger partial charge in [-0.05, 0) is 23.8 Å². The smallest absolute Gasteiger partial charge is 0.266 e. The Morgan fingerprint density at radius 3 is 3.00 bits per heavy atom. The predicted molar refractivity (Wildman–Crippen MR) is 109 cm³/mol. The van der Waals surface area contributed by atoms with E-state index in [9.17, 15) is 9.59 Å². The summed E-state index contributed by atoms with van der Waals surface area (Å²) < 4.78 is 1.41. The van der Waals surface area contributed by atoms with Gasteiger partial charge in [0.2, 0.25) is 5.91 Å². The minimum absolute atomic E-state index is 0.163. The van der Waals surface area contributed by atoms with Crippen molar-refractivity contribution in [2.45, 2.75) is 6.42 Å². The van der Waals surface area contributed by atoms with E-state index in [0.29, 0.717) is 14.4 Å². The topological polar surface area (TPSA) is 62.3 Å². The lowest BCUT2D eigenvalue weighted by Crippen LogP contribution is -2.31. The molecule has 1 aliphatic rings. The number of nitrogens with zero attached hydrogens (tertiary/aromatic N) is 2. The highest BCUT2D eigenvalue weighted by Gasteiger charge is 2.32. The third-order valence-electron chi connectivity index (χ3n) is 3.26. The van der Waals surface area contributed by atoms with Gasteiger partial charge in [0.25, 0.3) is 5.91 Å². The number of anilines is 1. The van der Waals surface area contributed by atoms with Crippen LogP contribution in [0.1, 0.15) is 12.0 Å². The zero-order valence-electron chi connectivity index (χ0n) is 12.8. The van der Waals surface area contributed by atoms with Gasteiger partial charge >= 0.3 is 0 Å². The number of benzene rings is 1. The number of hydrogen-bond acceptors (Lipinski definition) is 6. The normalized spacial score (nSPS) is 15.9. The highest BCUT2D eigenvalue weighted by atomic mass is 79.9. The summed E-state index contributed by atoms with van der Waals surface area (Å²) in [5, 5.41) is 5.02. The molecule has 0 atom stereocenters. The number of aromatic nitrogens is 1. The maximum atomic E-state index is 12.5. The van der Waals surface area contributed by atoms with E-state index in [1.54, 1.807) is 17.7 Å². The molecule has 1 N–H and O–H groups in total. The predicted octanol–water partition coefficient (Wildman–Crippen LogP) is 4.14. The lowest BCUT2D eigenvalue weighted by molar-refractivity contribution is -0.122. The molecule has 9 heteroatoms. The first-order chi connectivity index (χ1) is 12.0. The average molecular weight is 454 g/mol. The van der Waals surface area contributed by atoms with Gasteiger partial charge in [-0.15, -0.1) is 11.3 Å². The van der Waals surface area contributed by atoms with E-state index in [1.807, 2.05) is 24.3 Å². The second-order valence-corrected chi connectivity index (χ2v) is 8.51. The van der Waals surface area contributed by atoms with Crippen LogP contribution in [-0.4, -0.2) is 32.6 Å². The summed E-state index contributed by atoms with van der Waals surface area (Å²) in [4.78, 5) is 30.5. The van der Waals surface area contributed by atoms with E-state index in [4.69, 9.17) is 12.2 Å². The average Bonchev–Trinajstić information content (AvgIpc) is 3.15. The van der Waals surface area contributed by atoms with Gasteiger partial charge in [0.05, 0.1) is 4.91 Å². The molecule has 1 fully saturated rings. The van der Waals surface area contributed by atoms with E-state index >= 15 is 0 Å². The van der Waals surface area contributed by atoms with Crippen molar-refractivity contribution in [2.24, 2.45) is 0 Å². The van der Waals surface area contributed by atoms with Crippen LogP contribution in [0, 0.1) is 0 Å². The number of carbonyl (C=O) groups excluding carboxylic acids is 2. The third-order valence-corrected chi connectivity index (χ3v) is 5.82. The quantitative estimate of drug-likeness (QED) is 0.544. The Morgan fingerprint density at radius 2 is 2.28 bits per heavy atom. The molecule has 0 radical (unpaired) electrons. The highest BCUT2D eigenvalue weighted by molar-refractivity contribution is 9.10. The molecular weight excluding hydrogens is 442 g/mol. The number of carbonyl (C=O) groups is 2. The zero-order chi connectivity index (χ0) is 17.8. The Labute approximate surface area is 166 Å². The number of rotatable bonds is 5. The van der Waals surface area contributed by atoms with Crippen LogP contribution in [0.2, 0.25) is 0 Å². The molecule has 1 aromatic heterocycles. The first-order valence-electron chi connectivity index (χ1n) is 7.23. The minimum Gasteiger partial charge on any atom is -0.302 e. The monoisotopic (exact) mass is 453 g/mol. The molecule has 1 aliphatic heterocycles. The van der Waals surface area contributed by atoms with Crippen LogP contribution < -0.4 is 5.32 Å². The zero-order valence-corrected chi connectivity index (χ0v) is 16.8. The fraction of sp³-hybridized carbons (Fsp3) is 0.125. The van der Waals surface area contributed by atoms with Crippen molar-refractivity contribution in [3.05, 3.63) is 50.8 Å². The highest BCUT2D eigenvalue weighted by Crippen LogP contribution is 2.33. The van der Waals surface area contributed by atoms with Gasteiger partial charge in [0.1, 0.15) is 4.32 Å². The van der Waals surface area contributed by atoms with Crippen molar-refractivity contribution in [1.82, 2.24) is 9.88 Å². The van der Waals surface area contributed by atoms with E-state index < -0.39 is 0 Å². The number of nitrogens with one attached hydrogen (secondary N) is 1. The fourth-order valence-corrected chi connectivity index (χ4v) is 4.39. The maximum absolute atomic E-state index is 12.5. The number of thiazole rings is 1. The number of thioether (sulfide) groups is 1. The second-order valence-electron chi connectivity index (χ2n) is 5.02. The number of thiocarbonyl (C=S) groups is 1. The summed E-state index contributed by atoms with van der Waals surface area (Å²) in [5.41, 5.74) is 0.913. The van der Waals surface area contributed by atoms with Crippen LogP contribution in [0.4, 0.5) is 5.13 Å². The van der Waals surface area contributed by atoms with Gasteiger partial charge in [-0.2, -0.15) is 0 Å². The molecule has 0 saturated carbocycles. The Kier molecular flexibility index (Phi) is 6.00. The Morgan fingerprint density at radius 1 is 1.44 bits per heavy atom. The molecule has 2 aromatic rings. The summed E-state index contributed by atoms with van der Waals surface area (Å²) in [5.74, 6) is -0.364. The molecule has 1 saturated heterocycles. The molecule has 0 aliphatic carbocycles. The number of amides is 2. The van der Waals surface area contributed by atoms with Crippen molar-refractivity contribution in [3.8, 4) is 0 Å². The van der Waals surface area contributed by atoms with Crippen LogP contribution >= 0.6 is 51.2 Å². The molecule has 128 valence electrons. The van der Waals surface area contributed by atoms with Crippen molar-refractivity contribution in [2.75, 3.05) is 11.9 Å². The summed E-state index contributed by atoms with van der Waals surface area (Å²) >= 11 is 11.3. The number of hydrogen-bond donors (Lipinski definition) is 1. The first kappa shape index (κ1) is 18.2. The van der Waals surface area contributed by atoms with E-state index in [-0.39, 0.29) is 24.8 Å². The van der Waals surface area contributed by atoms with Crippen LogP contribution in [0.25, 0.3) is 6.08 Å². The molecule has 2 amide bonds. The lowest BCUT2D eigenvalue weighted by Gasteiger charge is -2.13. The minimum atomic E-state index is -0.194. The molecular formula is C16H12BrN3O2S3. The molecule has 1 aromatic carbocycles. The first-order valence-corrected chi connectivity index (χ1v) is 10.1. The third kappa shape index (κ3) is 4.75. The molecule has 25 heavy (non-hydrogen) atoms. The summed E-state index contributed by atoms with van der Waals surface area (Å²) in [6, 6.07) is 7.66. The van der Waals surface area contributed by atoms with Crippen molar-refractivity contribution < 1.29 is 9.59 Å². The van der Waals surface area contributed by atoms with E-state index in [2.05, 4.69) is 26.2 Å². The molecule has 3 rings (SSSR count). The standard InChI is InChI=1S/C16H12BrN3O2S3/c17-11-3-1-2-10(8-11)9-12-14(22)20(16(23)25-12)6-4-13(21)19-15-18-5-7-24-15/h1-3,5,7-9H,4,6H2,(H,18,19,21)/b12-9-. The van der Waals surface area contributed by atoms with Crippen molar-refractivity contribution in [3.63, 3.8) is 0 Å². The van der Waals surface area contributed by atoms with Gasteiger partial charge in [-0.1, -0.05) is 52.0 Å². The SMILES string of the molecule is O=C(CCN1C(=O)/C(=C/c2cccc(Br)c2)SC1=S)Nc1nccs1. The van der Waals surface area contributed by atoms with Crippen molar-refractivity contribution in [1.29, 1.82) is 0 Å². The second kappa shape index (κ2) is 8.22. The lowest BCUT2D eigenvalue weighted by atomic mass is 10.2.